The molecular formula is C18H16FN3O. The zero-order valence-electron chi connectivity index (χ0n) is 12.5. The molecule has 0 radical (unpaired) electrons. The molecule has 1 heterocycles. The molecule has 0 amide bonds. The Bertz CT molecular complexity index is 782. The summed E-state index contributed by atoms with van der Waals surface area (Å²) < 4.78 is 14.8. The van der Waals surface area contributed by atoms with Crippen LogP contribution in [0.5, 0.6) is 0 Å². The number of halogens is 1. The standard InChI is InChI=1S/C18H16FN3O/c19-16-10-8-15(9-11-16)18-17(13-23)20-21-22(18)12-4-7-14-5-2-1-3-6-14/h1-3,5-6,8-11,13H,4,7,12H2. The van der Waals surface area contributed by atoms with Crippen molar-refractivity contribution in [1.82, 2.24) is 15.0 Å². The molecule has 0 saturated carbocycles. The summed E-state index contributed by atoms with van der Waals surface area (Å²) in [6, 6.07) is 16.2. The normalized spacial score (nSPS) is 10.7. The molecule has 3 aromatic rings. The topological polar surface area (TPSA) is 47.8 Å². The van der Waals surface area contributed by atoms with Crippen LogP contribution in [0.25, 0.3) is 11.3 Å². The second kappa shape index (κ2) is 6.96. The quantitative estimate of drug-likeness (QED) is 0.654. The summed E-state index contributed by atoms with van der Waals surface area (Å²) in [6.07, 6.45) is 2.47. The third kappa shape index (κ3) is 3.51. The van der Waals surface area contributed by atoms with Crippen molar-refractivity contribution < 1.29 is 9.18 Å². The average molecular weight is 309 g/mol. The summed E-state index contributed by atoms with van der Waals surface area (Å²) in [6.45, 7) is 0.641. The number of benzene rings is 2. The molecule has 0 aliphatic carbocycles. The molecule has 0 aliphatic rings. The molecule has 1 aromatic heterocycles. The van der Waals surface area contributed by atoms with Gasteiger partial charge in [-0.1, -0.05) is 35.5 Å². The van der Waals surface area contributed by atoms with Crippen molar-refractivity contribution in [3.63, 3.8) is 0 Å². The molecule has 116 valence electrons. The Labute approximate surface area is 133 Å². The molecule has 0 bridgehead atoms. The second-order valence-electron chi connectivity index (χ2n) is 5.26. The first-order chi connectivity index (χ1) is 11.3. The zero-order chi connectivity index (χ0) is 16.1. The van der Waals surface area contributed by atoms with E-state index in [0.717, 1.165) is 18.4 Å². The van der Waals surface area contributed by atoms with E-state index >= 15 is 0 Å². The Kier molecular flexibility index (Phi) is 4.57. The van der Waals surface area contributed by atoms with Crippen LogP contribution in [0, 0.1) is 5.82 Å². The van der Waals surface area contributed by atoms with Gasteiger partial charge in [0.15, 0.2) is 12.0 Å². The van der Waals surface area contributed by atoms with E-state index in [2.05, 4.69) is 22.4 Å². The van der Waals surface area contributed by atoms with Crippen molar-refractivity contribution >= 4 is 6.29 Å². The van der Waals surface area contributed by atoms with Crippen molar-refractivity contribution in [2.24, 2.45) is 0 Å². The first-order valence-corrected chi connectivity index (χ1v) is 7.46. The predicted molar refractivity (Wildman–Crippen MR) is 85.6 cm³/mol. The van der Waals surface area contributed by atoms with Gasteiger partial charge in [-0.05, 0) is 42.7 Å². The largest absolute Gasteiger partial charge is 0.296 e. The van der Waals surface area contributed by atoms with E-state index in [-0.39, 0.29) is 11.5 Å². The molecule has 23 heavy (non-hydrogen) atoms. The fraction of sp³-hybridized carbons (Fsp3) is 0.167. The Morgan fingerprint density at radius 1 is 1.04 bits per heavy atom. The maximum atomic E-state index is 13.1. The number of carbonyl (C=O) groups is 1. The summed E-state index contributed by atoms with van der Waals surface area (Å²) in [4.78, 5) is 11.2. The van der Waals surface area contributed by atoms with Crippen LogP contribution in [-0.4, -0.2) is 21.3 Å². The highest BCUT2D eigenvalue weighted by Gasteiger charge is 2.14. The lowest BCUT2D eigenvalue weighted by atomic mass is 10.1. The molecular weight excluding hydrogens is 293 g/mol. The van der Waals surface area contributed by atoms with Gasteiger partial charge < -0.3 is 0 Å². The van der Waals surface area contributed by atoms with Gasteiger partial charge in [0, 0.05) is 12.1 Å². The second-order valence-corrected chi connectivity index (χ2v) is 5.26. The van der Waals surface area contributed by atoms with E-state index in [1.165, 1.54) is 17.7 Å². The first kappa shape index (κ1) is 15.1. The molecule has 0 saturated heterocycles. The van der Waals surface area contributed by atoms with Crippen molar-refractivity contribution in [2.75, 3.05) is 0 Å². The molecule has 0 aliphatic heterocycles. The summed E-state index contributed by atoms with van der Waals surface area (Å²) in [5.74, 6) is -0.315. The number of aryl methyl sites for hydroxylation is 2. The van der Waals surface area contributed by atoms with Gasteiger partial charge in [-0.15, -0.1) is 5.10 Å². The molecule has 2 aromatic carbocycles. The summed E-state index contributed by atoms with van der Waals surface area (Å²) in [5, 5.41) is 7.97. The minimum atomic E-state index is -0.315. The molecule has 0 N–H and O–H groups in total. The third-order valence-corrected chi connectivity index (χ3v) is 3.67. The lowest BCUT2D eigenvalue weighted by Crippen LogP contribution is -2.04. The van der Waals surface area contributed by atoms with Gasteiger partial charge in [0.25, 0.3) is 0 Å². The van der Waals surface area contributed by atoms with Crippen LogP contribution in [0.15, 0.2) is 54.6 Å². The van der Waals surface area contributed by atoms with Crippen LogP contribution >= 0.6 is 0 Å². The zero-order valence-corrected chi connectivity index (χ0v) is 12.5. The number of carbonyl (C=O) groups excluding carboxylic acids is 1. The molecule has 0 unspecified atom stereocenters. The van der Waals surface area contributed by atoms with E-state index in [9.17, 15) is 9.18 Å². The number of rotatable bonds is 6. The Morgan fingerprint density at radius 2 is 1.78 bits per heavy atom. The lowest BCUT2D eigenvalue weighted by molar-refractivity contribution is 0.111. The number of aldehydes is 1. The van der Waals surface area contributed by atoms with E-state index < -0.39 is 0 Å². The van der Waals surface area contributed by atoms with Gasteiger partial charge in [0.2, 0.25) is 0 Å². The van der Waals surface area contributed by atoms with Crippen LogP contribution in [0.4, 0.5) is 4.39 Å². The number of hydrogen-bond acceptors (Lipinski definition) is 3. The highest BCUT2D eigenvalue weighted by Crippen LogP contribution is 2.22. The summed E-state index contributed by atoms with van der Waals surface area (Å²) in [5.41, 5.74) is 2.90. The van der Waals surface area contributed by atoms with Crippen LogP contribution in [0.3, 0.4) is 0 Å². The monoisotopic (exact) mass is 309 g/mol. The van der Waals surface area contributed by atoms with Crippen molar-refractivity contribution in [1.29, 1.82) is 0 Å². The van der Waals surface area contributed by atoms with Crippen molar-refractivity contribution in [2.45, 2.75) is 19.4 Å². The van der Waals surface area contributed by atoms with Gasteiger partial charge in [-0.3, -0.25) is 4.79 Å². The molecule has 3 rings (SSSR count). The van der Waals surface area contributed by atoms with Gasteiger partial charge >= 0.3 is 0 Å². The number of nitrogens with zero attached hydrogens (tertiary/aromatic N) is 3. The van der Waals surface area contributed by atoms with Gasteiger partial charge in [-0.25, -0.2) is 9.07 Å². The number of aromatic nitrogens is 3. The van der Waals surface area contributed by atoms with Crippen molar-refractivity contribution in [3.8, 4) is 11.3 Å². The maximum absolute atomic E-state index is 13.1. The first-order valence-electron chi connectivity index (χ1n) is 7.46. The van der Waals surface area contributed by atoms with E-state index in [1.807, 2.05) is 18.2 Å². The maximum Gasteiger partial charge on any atom is 0.172 e. The number of hydrogen-bond donors (Lipinski definition) is 0. The van der Waals surface area contributed by atoms with E-state index in [1.54, 1.807) is 16.8 Å². The lowest BCUT2D eigenvalue weighted by Gasteiger charge is -2.07. The SMILES string of the molecule is O=Cc1nnn(CCCc2ccccc2)c1-c1ccc(F)cc1. The molecule has 0 fully saturated rings. The fourth-order valence-corrected chi connectivity index (χ4v) is 2.54. The van der Waals surface area contributed by atoms with Crippen LogP contribution in [0.2, 0.25) is 0 Å². The molecule has 0 atom stereocenters. The summed E-state index contributed by atoms with van der Waals surface area (Å²) in [7, 11) is 0. The Hall–Kier alpha value is -2.82. The van der Waals surface area contributed by atoms with Gasteiger partial charge in [0.1, 0.15) is 5.82 Å². The van der Waals surface area contributed by atoms with E-state index in [4.69, 9.17) is 0 Å². The van der Waals surface area contributed by atoms with E-state index in [0.29, 0.717) is 18.5 Å². The van der Waals surface area contributed by atoms with Crippen LogP contribution in [0.1, 0.15) is 22.5 Å². The molecule has 5 heteroatoms. The molecule has 4 nitrogen and oxygen atoms in total. The Morgan fingerprint density at radius 3 is 2.48 bits per heavy atom. The van der Waals surface area contributed by atoms with Gasteiger partial charge in [0.05, 0.1) is 5.69 Å². The van der Waals surface area contributed by atoms with Crippen molar-refractivity contribution in [3.05, 3.63) is 71.7 Å². The van der Waals surface area contributed by atoms with Crippen LogP contribution in [-0.2, 0) is 13.0 Å². The third-order valence-electron chi connectivity index (χ3n) is 3.67. The Balaban J connectivity index is 1.78. The fourth-order valence-electron chi connectivity index (χ4n) is 2.54. The average Bonchev–Trinajstić information content (AvgIpc) is 2.99. The molecule has 0 spiro atoms. The van der Waals surface area contributed by atoms with Gasteiger partial charge in [-0.2, -0.15) is 0 Å². The highest BCUT2D eigenvalue weighted by atomic mass is 19.1. The smallest absolute Gasteiger partial charge is 0.172 e. The summed E-state index contributed by atoms with van der Waals surface area (Å²) >= 11 is 0. The van der Waals surface area contributed by atoms with Crippen LogP contribution < -0.4 is 0 Å². The predicted octanol–water partition coefficient (Wildman–Crippen LogP) is 3.53. The highest BCUT2D eigenvalue weighted by molar-refractivity contribution is 5.83. The minimum Gasteiger partial charge on any atom is -0.296 e. The minimum absolute atomic E-state index is 0.274.